The Labute approximate surface area is 158 Å². The lowest BCUT2D eigenvalue weighted by Gasteiger charge is -2.06. The Balaban J connectivity index is 1.88. The number of rotatable bonds is 6. The van der Waals surface area contributed by atoms with Crippen molar-refractivity contribution in [2.45, 2.75) is 6.42 Å². The quantitative estimate of drug-likeness (QED) is 0.271. The molecule has 0 aliphatic rings. The number of para-hydroxylation sites is 1. The first-order valence-electron chi connectivity index (χ1n) is 7.23. The van der Waals surface area contributed by atoms with Gasteiger partial charge in [-0.25, -0.2) is 5.43 Å². The van der Waals surface area contributed by atoms with E-state index in [2.05, 4.69) is 15.8 Å². The van der Waals surface area contributed by atoms with Gasteiger partial charge in [0.2, 0.25) is 11.8 Å². The van der Waals surface area contributed by atoms with Crippen molar-refractivity contribution >= 4 is 46.3 Å². The predicted octanol–water partition coefficient (Wildman–Crippen LogP) is 2.48. The fourth-order valence-electron chi connectivity index (χ4n) is 1.91. The van der Waals surface area contributed by atoms with Crippen LogP contribution in [0.2, 0.25) is 0 Å². The standard InChI is InChI=1S/C17H16IN3O4/c1-25-14-8-11(7-13(18)17(14)24)10-19-21-16(23)9-15(22)20-12-5-3-2-4-6-12/h2-8,10,24H,9H2,1H3,(H,20,22)(H,21,23). The minimum Gasteiger partial charge on any atom is -0.504 e. The number of nitrogens with one attached hydrogen (secondary N) is 2. The van der Waals surface area contributed by atoms with Crippen LogP contribution < -0.4 is 15.5 Å². The molecule has 0 aromatic heterocycles. The number of phenols is 1. The van der Waals surface area contributed by atoms with E-state index < -0.39 is 11.8 Å². The smallest absolute Gasteiger partial charge is 0.249 e. The van der Waals surface area contributed by atoms with E-state index in [0.717, 1.165) is 0 Å². The van der Waals surface area contributed by atoms with E-state index in [1.807, 2.05) is 28.7 Å². The number of ether oxygens (including phenoxy) is 1. The van der Waals surface area contributed by atoms with Crippen molar-refractivity contribution in [1.82, 2.24) is 5.43 Å². The third kappa shape index (κ3) is 5.75. The van der Waals surface area contributed by atoms with Crippen LogP contribution in [0.3, 0.4) is 0 Å². The monoisotopic (exact) mass is 453 g/mol. The van der Waals surface area contributed by atoms with E-state index >= 15 is 0 Å². The Morgan fingerprint density at radius 3 is 2.64 bits per heavy atom. The van der Waals surface area contributed by atoms with Crippen LogP contribution in [0.25, 0.3) is 0 Å². The minimum absolute atomic E-state index is 0.0434. The van der Waals surface area contributed by atoms with E-state index in [1.54, 1.807) is 36.4 Å². The molecule has 2 amide bonds. The van der Waals surface area contributed by atoms with E-state index in [-0.39, 0.29) is 12.2 Å². The van der Waals surface area contributed by atoms with Crippen LogP contribution in [-0.2, 0) is 9.59 Å². The molecule has 0 saturated carbocycles. The number of phenolic OH excluding ortho intramolecular Hbond substituents is 1. The van der Waals surface area contributed by atoms with Crippen molar-refractivity contribution in [2.24, 2.45) is 5.10 Å². The van der Waals surface area contributed by atoms with Crippen LogP contribution in [0.4, 0.5) is 5.69 Å². The van der Waals surface area contributed by atoms with Crippen LogP contribution in [0.5, 0.6) is 11.5 Å². The van der Waals surface area contributed by atoms with Gasteiger partial charge in [-0.15, -0.1) is 0 Å². The molecule has 0 atom stereocenters. The lowest BCUT2D eigenvalue weighted by molar-refractivity contribution is -0.126. The van der Waals surface area contributed by atoms with Gasteiger partial charge in [-0.2, -0.15) is 5.10 Å². The summed E-state index contributed by atoms with van der Waals surface area (Å²) < 4.78 is 5.64. The summed E-state index contributed by atoms with van der Waals surface area (Å²) in [4.78, 5) is 23.5. The molecule has 3 N–H and O–H groups in total. The van der Waals surface area contributed by atoms with Crippen LogP contribution in [0.1, 0.15) is 12.0 Å². The molecule has 0 fully saturated rings. The summed E-state index contributed by atoms with van der Waals surface area (Å²) in [6.07, 6.45) is 1.06. The largest absolute Gasteiger partial charge is 0.504 e. The third-order valence-electron chi connectivity index (χ3n) is 3.05. The van der Waals surface area contributed by atoms with E-state index in [1.165, 1.54) is 13.3 Å². The molecular formula is C17H16IN3O4. The molecule has 2 rings (SSSR count). The van der Waals surface area contributed by atoms with Crippen molar-refractivity contribution in [1.29, 1.82) is 0 Å². The highest BCUT2D eigenvalue weighted by molar-refractivity contribution is 14.1. The number of hydrogen-bond donors (Lipinski definition) is 3. The molecule has 0 unspecified atom stereocenters. The van der Waals surface area contributed by atoms with Crippen LogP contribution in [0, 0.1) is 3.57 Å². The number of amides is 2. The third-order valence-corrected chi connectivity index (χ3v) is 3.87. The number of methoxy groups -OCH3 is 1. The number of aromatic hydroxyl groups is 1. The number of nitrogens with zero attached hydrogens (tertiary/aromatic N) is 1. The van der Waals surface area contributed by atoms with Gasteiger partial charge in [0.05, 0.1) is 16.9 Å². The van der Waals surface area contributed by atoms with Gasteiger partial charge in [-0.3, -0.25) is 9.59 Å². The van der Waals surface area contributed by atoms with Crippen molar-refractivity contribution in [2.75, 3.05) is 12.4 Å². The molecule has 25 heavy (non-hydrogen) atoms. The first-order chi connectivity index (χ1) is 12.0. The topological polar surface area (TPSA) is 100 Å². The normalized spacial score (nSPS) is 10.5. The molecule has 0 spiro atoms. The summed E-state index contributed by atoms with van der Waals surface area (Å²) in [5, 5.41) is 16.2. The fraction of sp³-hybridized carbons (Fsp3) is 0.118. The Morgan fingerprint density at radius 1 is 1.24 bits per heavy atom. The summed E-state index contributed by atoms with van der Waals surface area (Å²) in [7, 11) is 1.44. The highest BCUT2D eigenvalue weighted by atomic mass is 127. The van der Waals surface area contributed by atoms with Gasteiger partial charge in [-0.05, 0) is 52.4 Å². The Morgan fingerprint density at radius 2 is 1.96 bits per heavy atom. The number of hydrogen-bond acceptors (Lipinski definition) is 5. The van der Waals surface area contributed by atoms with E-state index in [4.69, 9.17) is 4.74 Å². The molecule has 2 aromatic carbocycles. The zero-order chi connectivity index (χ0) is 18.2. The van der Waals surface area contributed by atoms with Crippen molar-refractivity contribution in [3.8, 4) is 11.5 Å². The molecule has 0 aliphatic heterocycles. The molecule has 0 aliphatic carbocycles. The SMILES string of the molecule is COc1cc(C=NNC(=O)CC(=O)Nc2ccccc2)cc(I)c1O. The van der Waals surface area contributed by atoms with Gasteiger partial charge in [0.25, 0.3) is 0 Å². The van der Waals surface area contributed by atoms with Gasteiger partial charge in [0, 0.05) is 5.69 Å². The van der Waals surface area contributed by atoms with Crippen molar-refractivity contribution < 1.29 is 19.4 Å². The second kappa shape index (κ2) is 9.02. The molecule has 0 radical (unpaired) electrons. The fourth-order valence-corrected chi connectivity index (χ4v) is 2.54. The summed E-state index contributed by atoms with van der Waals surface area (Å²) >= 11 is 1.96. The number of halogens is 1. The Bertz CT molecular complexity index is 794. The number of hydrazone groups is 1. The first kappa shape index (κ1) is 18.7. The number of anilines is 1. The molecule has 130 valence electrons. The zero-order valence-corrected chi connectivity index (χ0v) is 15.5. The summed E-state index contributed by atoms with van der Waals surface area (Å²) in [5.41, 5.74) is 3.54. The molecule has 8 heteroatoms. The predicted molar refractivity (Wildman–Crippen MR) is 103 cm³/mol. The molecule has 0 saturated heterocycles. The zero-order valence-electron chi connectivity index (χ0n) is 13.3. The van der Waals surface area contributed by atoms with Gasteiger partial charge >= 0.3 is 0 Å². The summed E-state index contributed by atoms with van der Waals surface area (Å²) in [6.45, 7) is 0. The van der Waals surface area contributed by atoms with E-state index in [0.29, 0.717) is 20.6 Å². The number of carbonyl (C=O) groups is 2. The van der Waals surface area contributed by atoms with Gasteiger partial charge in [-0.1, -0.05) is 18.2 Å². The highest BCUT2D eigenvalue weighted by Crippen LogP contribution is 2.31. The van der Waals surface area contributed by atoms with E-state index in [9.17, 15) is 14.7 Å². The van der Waals surface area contributed by atoms with Crippen LogP contribution in [-0.4, -0.2) is 30.2 Å². The number of carbonyl (C=O) groups excluding carboxylic acids is 2. The van der Waals surface area contributed by atoms with Crippen molar-refractivity contribution in [3.63, 3.8) is 0 Å². The lowest BCUT2D eigenvalue weighted by Crippen LogP contribution is -2.24. The van der Waals surface area contributed by atoms with Gasteiger partial charge in [0.15, 0.2) is 11.5 Å². The summed E-state index contributed by atoms with van der Waals surface area (Å²) in [6, 6.07) is 12.1. The van der Waals surface area contributed by atoms with Crippen LogP contribution >= 0.6 is 22.6 Å². The molecule has 0 heterocycles. The Hall–Kier alpha value is -2.62. The maximum absolute atomic E-state index is 11.8. The van der Waals surface area contributed by atoms with Crippen molar-refractivity contribution in [3.05, 3.63) is 51.6 Å². The molecule has 0 bridgehead atoms. The second-order valence-corrected chi connectivity index (χ2v) is 6.10. The lowest BCUT2D eigenvalue weighted by atomic mass is 10.2. The highest BCUT2D eigenvalue weighted by Gasteiger charge is 2.09. The van der Waals surface area contributed by atoms with Crippen LogP contribution in [0.15, 0.2) is 47.6 Å². The Kier molecular flexibility index (Phi) is 6.75. The maximum atomic E-state index is 11.8. The second-order valence-electron chi connectivity index (χ2n) is 4.94. The summed E-state index contributed by atoms with van der Waals surface area (Å²) in [5.74, 6) is -0.617. The first-order valence-corrected chi connectivity index (χ1v) is 8.30. The molecule has 7 nitrogen and oxygen atoms in total. The van der Waals surface area contributed by atoms with Gasteiger partial charge < -0.3 is 15.2 Å². The number of benzene rings is 2. The minimum atomic E-state index is -0.537. The average molecular weight is 453 g/mol. The maximum Gasteiger partial charge on any atom is 0.249 e. The molecule has 2 aromatic rings. The average Bonchev–Trinajstić information content (AvgIpc) is 2.58. The molecular weight excluding hydrogens is 437 g/mol. The van der Waals surface area contributed by atoms with Gasteiger partial charge in [0.1, 0.15) is 6.42 Å².